The van der Waals surface area contributed by atoms with Crippen molar-refractivity contribution in [2.24, 2.45) is 0 Å². The zero-order chi connectivity index (χ0) is 27.6. The number of amides is 3. The zero-order valence-corrected chi connectivity index (χ0v) is 23.3. The lowest BCUT2D eigenvalue weighted by Gasteiger charge is -2.37. The van der Waals surface area contributed by atoms with Gasteiger partial charge in [0.05, 0.1) is 0 Å². The fourth-order valence-electron chi connectivity index (χ4n) is 4.16. The standard InChI is InChI=1S/C30H43N3O4/c1-8-9-19-31-27(34)26(24-18-14-13-15-22(24)4)33(21(2)3)28(35)25(20-23-16-11-10-12-17-23)32-29(36)37-30(5,6)7/h10-18,21,25-26H,8-9,19-20H2,1-7H3,(H,31,34)(H,32,36). The number of ether oxygens (including phenoxy) is 1. The molecule has 2 rings (SSSR count). The highest BCUT2D eigenvalue weighted by molar-refractivity contribution is 5.92. The molecule has 2 aromatic carbocycles. The van der Waals surface area contributed by atoms with Crippen LogP contribution in [0.5, 0.6) is 0 Å². The van der Waals surface area contributed by atoms with E-state index in [1.807, 2.05) is 75.4 Å². The van der Waals surface area contributed by atoms with Crippen molar-refractivity contribution in [1.82, 2.24) is 15.5 Å². The first-order chi connectivity index (χ1) is 17.4. The van der Waals surface area contributed by atoms with Gasteiger partial charge in [0.25, 0.3) is 0 Å². The molecule has 0 aliphatic carbocycles. The lowest BCUT2D eigenvalue weighted by molar-refractivity contribution is -0.144. The van der Waals surface area contributed by atoms with Crippen molar-refractivity contribution in [3.8, 4) is 0 Å². The Morgan fingerprint density at radius 3 is 2.16 bits per heavy atom. The maximum absolute atomic E-state index is 14.2. The van der Waals surface area contributed by atoms with Crippen LogP contribution in [-0.2, 0) is 20.7 Å². The van der Waals surface area contributed by atoms with E-state index in [1.54, 1.807) is 25.7 Å². The number of hydrogen-bond acceptors (Lipinski definition) is 4. The Kier molecular flexibility index (Phi) is 11.2. The lowest BCUT2D eigenvalue weighted by atomic mass is 9.96. The van der Waals surface area contributed by atoms with E-state index in [0.717, 1.165) is 29.5 Å². The molecule has 202 valence electrons. The summed E-state index contributed by atoms with van der Waals surface area (Å²) in [7, 11) is 0. The van der Waals surface area contributed by atoms with Crippen molar-refractivity contribution >= 4 is 17.9 Å². The average Bonchev–Trinajstić information content (AvgIpc) is 2.81. The molecule has 0 heterocycles. The molecule has 0 aliphatic rings. The smallest absolute Gasteiger partial charge is 0.408 e. The SMILES string of the molecule is CCCCNC(=O)C(c1ccccc1C)N(C(=O)C(Cc1ccccc1)NC(=O)OC(C)(C)C)C(C)C. The molecule has 2 aromatic rings. The van der Waals surface area contributed by atoms with Crippen molar-refractivity contribution < 1.29 is 19.1 Å². The second-order valence-corrected chi connectivity index (χ2v) is 10.6. The van der Waals surface area contributed by atoms with Crippen LogP contribution in [0.1, 0.15) is 77.1 Å². The van der Waals surface area contributed by atoms with Crippen LogP contribution in [0, 0.1) is 6.92 Å². The van der Waals surface area contributed by atoms with Gasteiger partial charge in [0.2, 0.25) is 11.8 Å². The van der Waals surface area contributed by atoms with Gasteiger partial charge < -0.3 is 20.3 Å². The molecule has 0 aliphatic heterocycles. The number of aryl methyl sites for hydroxylation is 1. The van der Waals surface area contributed by atoms with Gasteiger partial charge in [0.1, 0.15) is 17.7 Å². The summed E-state index contributed by atoms with van der Waals surface area (Å²) in [5, 5.41) is 5.80. The Morgan fingerprint density at radius 1 is 0.973 bits per heavy atom. The minimum absolute atomic E-state index is 0.236. The Labute approximate surface area is 222 Å². The first kappa shape index (κ1) is 29.9. The van der Waals surface area contributed by atoms with Gasteiger partial charge in [-0.3, -0.25) is 9.59 Å². The van der Waals surface area contributed by atoms with Crippen LogP contribution in [0.15, 0.2) is 54.6 Å². The Morgan fingerprint density at radius 2 is 1.59 bits per heavy atom. The number of rotatable bonds is 11. The van der Waals surface area contributed by atoms with Crippen molar-refractivity contribution in [3.63, 3.8) is 0 Å². The molecule has 0 radical (unpaired) electrons. The third-order valence-corrected chi connectivity index (χ3v) is 5.92. The summed E-state index contributed by atoms with van der Waals surface area (Å²) in [6.45, 7) is 13.6. The predicted octanol–water partition coefficient (Wildman–Crippen LogP) is 5.33. The summed E-state index contributed by atoms with van der Waals surface area (Å²) in [6.07, 6.45) is 1.38. The van der Waals surface area contributed by atoms with E-state index in [-0.39, 0.29) is 24.3 Å². The van der Waals surface area contributed by atoms with E-state index in [9.17, 15) is 14.4 Å². The highest BCUT2D eigenvalue weighted by Crippen LogP contribution is 2.28. The van der Waals surface area contributed by atoms with Gasteiger partial charge in [-0.1, -0.05) is 67.9 Å². The molecule has 7 heteroatoms. The van der Waals surface area contributed by atoms with Crippen LogP contribution >= 0.6 is 0 Å². The highest BCUT2D eigenvalue weighted by Gasteiger charge is 2.38. The number of benzene rings is 2. The lowest BCUT2D eigenvalue weighted by Crippen LogP contribution is -2.55. The highest BCUT2D eigenvalue weighted by atomic mass is 16.6. The fraction of sp³-hybridized carbons (Fsp3) is 0.500. The monoisotopic (exact) mass is 509 g/mol. The molecule has 0 saturated carbocycles. The van der Waals surface area contributed by atoms with Gasteiger partial charge in [-0.25, -0.2) is 4.79 Å². The second kappa shape index (κ2) is 13.8. The summed E-state index contributed by atoms with van der Waals surface area (Å²) in [5.41, 5.74) is 1.84. The largest absolute Gasteiger partial charge is 0.444 e. The van der Waals surface area contributed by atoms with Crippen LogP contribution in [0.4, 0.5) is 4.79 Å². The topological polar surface area (TPSA) is 87.7 Å². The quantitative estimate of drug-likeness (QED) is 0.401. The third kappa shape index (κ3) is 9.23. The number of unbranched alkanes of at least 4 members (excludes halogenated alkanes) is 1. The number of nitrogens with one attached hydrogen (secondary N) is 2. The first-order valence-electron chi connectivity index (χ1n) is 13.1. The van der Waals surface area contributed by atoms with Gasteiger partial charge in [-0.05, 0) is 64.7 Å². The zero-order valence-electron chi connectivity index (χ0n) is 23.3. The van der Waals surface area contributed by atoms with Crippen LogP contribution in [0.3, 0.4) is 0 Å². The molecule has 2 unspecified atom stereocenters. The molecule has 0 aromatic heterocycles. The number of hydrogen-bond donors (Lipinski definition) is 2. The maximum Gasteiger partial charge on any atom is 0.408 e. The number of alkyl carbamates (subject to hydrolysis) is 1. The number of carbonyl (C=O) groups excluding carboxylic acids is 3. The summed E-state index contributed by atoms with van der Waals surface area (Å²) < 4.78 is 5.47. The van der Waals surface area contributed by atoms with Crippen LogP contribution in [0.2, 0.25) is 0 Å². The molecule has 2 N–H and O–H groups in total. The van der Waals surface area contributed by atoms with Crippen molar-refractivity contribution in [2.45, 2.75) is 91.5 Å². The van der Waals surface area contributed by atoms with Gasteiger partial charge in [-0.2, -0.15) is 0 Å². The Hall–Kier alpha value is -3.35. The molecule has 2 atom stereocenters. The van der Waals surface area contributed by atoms with E-state index in [1.165, 1.54) is 0 Å². The van der Waals surface area contributed by atoms with Gasteiger partial charge in [0, 0.05) is 19.0 Å². The molecule has 3 amide bonds. The predicted molar refractivity (Wildman–Crippen MR) is 147 cm³/mol. The van der Waals surface area contributed by atoms with E-state index < -0.39 is 23.8 Å². The van der Waals surface area contributed by atoms with Gasteiger partial charge in [0.15, 0.2) is 0 Å². The summed E-state index contributed by atoms with van der Waals surface area (Å²) >= 11 is 0. The fourth-order valence-corrected chi connectivity index (χ4v) is 4.16. The van der Waals surface area contributed by atoms with Crippen LogP contribution in [0.25, 0.3) is 0 Å². The van der Waals surface area contributed by atoms with Gasteiger partial charge in [-0.15, -0.1) is 0 Å². The second-order valence-electron chi connectivity index (χ2n) is 10.6. The molecular formula is C30H43N3O4. The molecular weight excluding hydrogens is 466 g/mol. The number of carbonyl (C=O) groups is 3. The summed E-state index contributed by atoms with van der Waals surface area (Å²) in [6, 6.07) is 15.0. The van der Waals surface area contributed by atoms with Gasteiger partial charge >= 0.3 is 6.09 Å². The van der Waals surface area contributed by atoms with Crippen molar-refractivity contribution in [1.29, 1.82) is 0 Å². The molecule has 37 heavy (non-hydrogen) atoms. The first-order valence-corrected chi connectivity index (χ1v) is 13.1. The van der Waals surface area contributed by atoms with Crippen molar-refractivity contribution in [3.05, 3.63) is 71.3 Å². The Balaban J connectivity index is 2.51. The van der Waals surface area contributed by atoms with E-state index in [2.05, 4.69) is 17.6 Å². The minimum atomic E-state index is -0.922. The van der Waals surface area contributed by atoms with E-state index in [4.69, 9.17) is 4.74 Å². The summed E-state index contributed by atoms with van der Waals surface area (Å²) in [5.74, 6) is -0.580. The maximum atomic E-state index is 14.2. The van der Waals surface area contributed by atoms with Crippen LogP contribution in [-0.4, -0.2) is 47.0 Å². The van der Waals surface area contributed by atoms with E-state index in [0.29, 0.717) is 6.54 Å². The third-order valence-electron chi connectivity index (χ3n) is 5.92. The van der Waals surface area contributed by atoms with E-state index >= 15 is 0 Å². The van der Waals surface area contributed by atoms with Crippen LogP contribution < -0.4 is 10.6 Å². The molecule has 0 spiro atoms. The Bertz CT molecular complexity index is 1030. The average molecular weight is 510 g/mol. The normalized spacial score (nSPS) is 13.0. The number of nitrogens with zero attached hydrogens (tertiary/aromatic N) is 1. The molecule has 7 nitrogen and oxygen atoms in total. The molecule has 0 bridgehead atoms. The minimum Gasteiger partial charge on any atom is -0.444 e. The molecule has 0 fully saturated rings. The summed E-state index contributed by atoms with van der Waals surface area (Å²) in [4.78, 5) is 42.2. The van der Waals surface area contributed by atoms with Crippen molar-refractivity contribution in [2.75, 3.05) is 6.54 Å². The molecule has 0 saturated heterocycles.